The Bertz CT molecular complexity index is 991. The highest BCUT2D eigenvalue weighted by Crippen LogP contribution is 2.22. The van der Waals surface area contributed by atoms with Crippen LogP contribution in [0, 0.1) is 5.92 Å². The standard InChI is InChI=1S/C24H25N5O/c30-24(12-11-19-7-2-1-3-8-19)29-14-6-9-20(17-29)15-21-16-23(27-18-26-21)28-22-10-4-5-13-25-22/h1-5,7-8,10-13,16,18,20H,6,9,14-15,17H2,(H,25,26,27,28). The number of anilines is 2. The Morgan fingerprint density at radius 1 is 1.07 bits per heavy atom. The van der Waals surface area contributed by atoms with Gasteiger partial charge in [-0.2, -0.15) is 0 Å². The predicted molar refractivity (Wildman–Crippen MR) is 118 cm³/mol. The molecule has 1 unspecified atom stereocenters. The van der Waals surface area contributed by atoms with Gasteiger partial charge in [-0.25, -0.2) is 15.0 Å². The summed E-state index contributed by atoms with van der Waals surface area (Å²) in [4.78, 5) is 27.6. The molecule has 0 aliphatic carbocycles. The molecule has 0 spiro atoms. The van der Waals surface area contributed by atoms with Gasteiger partial charge in [0.05, 0.1) is 0 Å². The van der Waals surface area contributed by atoms with Crippen LogP contribution in [0.3, 0.4) is 0 Å². The van der Waals surface area contributed by atoms with Crippen molar-refractivity contribution in [1.29, 1.82) is 0 Å². The van der Waals surface area contributed by atoms with Gasteiger partial charge < -0.3 is 10.2 Å². The molecule has 1 aromatic carbocycles. The highest BCUT2D eigenvalue weighted by atomic mass is 16.2. The number of pyridine rings is 1. The minimum absolute atomic E-state index is 0.0729. The minimum Gasteiger partial charge on any atom is -0.339 e. The lowest BCUT2D eigenvalue weighted by molar-refractivity contribution is -0.127. The summed E-state index contributed by atoms with van der Waals surface area (Å²) in [5.41, 5.74) is 2.01. The Morgan fingerprint density at radius 3 is 2.77 bits per heavy atom. The SMILES string of the molecule is O=C(C=Cc1ccccc1)N1CCCC(Cc2cc(Nc3ccccn3)ncn2)C1. The number of benzene rings is 1. The summed E-state index contributed by atoms with van der Waals surface area (Å²) >= 11 is 0. The van der Waals surface area contributed by atoms with E-state index in [1.165, 1.54) is 0 Å². The Hall–Kier alpha value is -3.54. The van der Waals surface area contributed by atoms with E-state index < -0.39 is 0 Å². The zero-order valence-corrected chi connectivity index (χ0v) is 16.8. The lowest BCUT2D eigenvalue weighted by Crippen LogP contribution is -2.39. The van der Waals surface area contributed by atoms with E-state index in [1.807, 2.05) is 65.6 Å². The maximum Gasteiger partial charge on any atom is 0.246 e. The van der Waals surface area contributed by atoms with Crippen LogP contribution in [-0.4, -0.2) is 38.8 Å². The van der Waals surface area contributed by atoms with Crippen LogP contribution in [0.4, 0.5) is 11.6 Å². The molecule has 1 saturated heterocycles. The van der Waals surface area contributed by atoms with Crippen LogP contribution in [0.15, 0.2) is 73.2 Å². The summed E-state index contributed by atoms with van der Waals surface area (Å²) in [6, 6.07) is 17.6. The van der Waals surface area contributed by atoms with Crippen LogP contribution in [0.5, 0.6) is 0 Å². The minimum atomic E-state index is 0.0729. The number of rotatable bonds is 6. The molecule has 0 bridgehead atoms. The fraction of sp³-hybridized carbons (Fsp3) is 0.250. The molecule has 1 aliphatic rings. The van der Waals surface area contributed by atoms with E-state index in [2.05, 4.69) is 20.3 Å². The molecular weight excluding hydrogens is 374 g/mol. The van der Waals surface area contributed by atoms with Gasteiger partial charge in [0.15, 0.2) is 0 Å². The third kappa shape index (κ3) is 5.50. The third-order valence-corrected chi connectivity index (χ3v) is 5.19. The van der Waals surface area contributed by atoms with Gasteiger partial charge in [-0.1, -0.05) is 36.4 Å². The molecule has 0 radical (unpaired) electrons. The second-order valence-electron chi connectivity index (χ2n) is 7.48. The Labute approximate surface area is 176 Å². The van der Waals surface area contributed by atoms with Crippen molar-refractivity contribution in [3.8, 4) is 0 Å². The van der Waals surface area contributed by atoms with Crippen molar-refractivity contribution in [2.75, 3.05) is 18.4 Å². The summed E-state index contributed by atoms with van der Waals surface area (Å²) in [5, 5.41) is 3.20. The molecular formula is C24H25N5O. The van der Waals surface area contributed by atoms with E-state index in [9.17, 15) is 4.79 Å². The number of hydrogen-bond donors (Lipinski definition) is 1. The first-order valence-electron chi connectivity index (χ1n) is 10.3. The summed E-state index contributed by atoms with van der Waals surface area (Å²) in [6.07, 6.45) is 9.81. The number of carbonyl (C=O) groups is 1. The van der Waals surface area contributed by atoms with Crippen molar-refractivity contribution in [3.05, 3.63) is 84.5 Å². The van der Waals surface area contributed by atoms with Gasteiger partial charge >= 0.3 is 0 Å². The van der Waals surface area contributed by atoms with Gasteiger partial charge in [0, 0.05) is 37.1 Å². The van der Waals surface area contributed by atoms with Gasteiger partial charge in [-0.3, -0.25) is 4.79 Å². The average molecular weight is 399 g/mol. The second-order valence-corrected chi connectivity index (χ2v) is 7.48. The van der Waals surface area contributed by atoms with E-state index >= 15 is 0 Å². The van der Waals surface area contributed by atoms with Crippen molar-refractivity contribution in [2.45, 2.75) is 19.3 Å². The highest BCUT2D eigenvalue weighted by molar-refractivity contribution is 5.91. The molecule has 1 N–H and O–H groups in total. The largest absolute Gasteiger partial charge is 0.339 e. The van der Waals surface area contributed by atoms with E-state index in [0.29, 0.717) is 5.92 Å². The number of likely N-dealkylation sites (tertiary alicyclic amines) is 1. The number of piperidine rings is 1. The quantitative estimate of drug-likeness (QED) is 0.632. The van der Waals surface area contributed by atoms with Crippen molar-refractivity contribution < 1.29 is 4.79 Å². The number of hydrogen-bond acceptors (Lipinski definition) is 5. The molecule has 1 amide bonds. The van der Waals surface area contributed by atoms with Crippen LogP contribution >= 0.6 is 0 Å². The molecule has 1 fully saturated rings. The van der Waals surface area contributed by atoms with Gasteiger partial charge in [0.25, 0.3) is 0 Å². The van der Waals surface area contributed by atoms with Gasteiger partial charge in [-0.05, 0) is 49.0 Å². The lowest BCUT2D eigenvalue weighted by atomic mass is 9.93. The smallest absolute Gasteiger partial charge is 0.246 e. The number of aromatic nitrogens is 3. The van der Waals surface area contributed by atoms with E-state index in [0.717, 1.165) is 55.2 Å². The van der Waals surface area contributed by atoms with Crippen molar-refractivity contribution >= 4 is 23.6 Å². The molecule has 1 atom stereocenters. The third-order valence-electron chi connectivity index (χ3n) is 5.19. The summed E-state index contributed by atoms with van der Waals surface area (Å²) < 4.78 is 0. The Kier molecular flexibility index (Phi) is 6.44. The summed E-state index contributed by atoms with van der Waals surface area (Å²) in [6.45, 7) is 1.57. The van der Waals surface area contributed by atoms with Crippen molar-refractivity contribution in [2.24, 2.45) is 5.92 Å². The zero-order valence-electron chi connectivity index (χ0n) is 16.8. The normalized spacial score (nSPS) is 16.5. The van der Waals surface area contributed by atoms with E-state index in [-0.39, 0.29) is 5.91 Å². The zero-order chi connectivity index (χ0) is 20.6. The first-order valence-corrected chi connectivity index (χ1v) is 10.3. The molecule has 0 saturated carbocycles. The maximum atomic E-state index is 12.6. The maximum absolute atomic E-state index is 12.6. The fourth-order valence-electron chi connectivity index (χ4n) is 3.71. The van der Waals surface area contributed by atoms with Crippen LogP contribution in [0.25, 0.3) is 6.08 Å². The molecule has 152 valence electrons. The molecule has 3 heterocycles. The average Bonchev–Trinajstić information content (AvgIpc) is 2.79. The molecule has 6 heteroatoms. The molecule has 3 aromatic rings. The van der Waals surface area contributed by atoms with Crippen LogP contribution in [-0.2, 0) is 11.2 Å². The van der Waals surface area contributed by atoms with Crippen LogP contribution < -0.4 is 5.32 Å². The first kappa shape index (κ1) is 19.8. The van der Waals surface area contributed by atoms with Crippen molar-refractivity contribution in [1.82, 2.24) is 19.9 Å². The van der Waals surface area contributed by atoms with E-state index in [4.69, 9.17) is 0 Å². The number of nitrogens with zero attached hydrogens (tertiary/aromatic N) is 4. The van der Waals surface area contributed by atoms with Gasteiger partial charge in [-0.15, -0.1) is 0 Å². The number of carbonyl (C=O) groups excluding carboxylic acids is 1. The molecule has 4 rings (SSSR count). The fourth-order valence-corrected chi connectivity index (χ4v) is 3.71. The molecule has 30 heavy (non-hydrogen) atoms. The molecule has 2 aromatic heterocycles. The van der Waals surface area contributed by atoms with Crippen LogP contribution in [0.2, 0.25) is 0 Å². The summed E-state index contributed by atoms with van der Waals surface area (Å²) in [7, 11) is 0. The second kappa shape index (κ2) is 9.78. The summed E-state index contributed by atoms with van der Waals surface area (Å²) in [5.74, 6) is 1.95. The monoisotopic (exact) mass is 399 g/mol. The Morgan fingerprint density at radius 2 is 1.93 bits per heavy atom. The first-order chi connectivity index (χ1) is 14.8. The number of amides is 1. The molecule has 6 nitrogen and oxygen atoms in total. The van der Waals surface area contributed by atoms with Crippen LogP contribution in [0.1, 0.15) is 24.1 Å². The molecule has 1 aliphatic heterocycles. The van der Waals surface area contributed by atoms with Gasteiger partial charge in [0.1, 0.15) is 18.0 Å². The lowest BCUT2D eigenvalue weighted by Gasteiger charge is -2.32. The number of nitrogens with one attached hydrogen (secondary N) is 1. The Balaban J connectivity index is 1.35. The van der Waals surface area contributed by atoms with Gasteiger partial charge in [0.2, 0.25) is 5.91 Å². The van der Waals surface area contributed by atoms with E-state index in [1.54, 1.807) is 18.6 Å². The predicted octanol–water partition coefficient (Wildman–Crippen LogP) is 4.11. The van der Waals surface area contributed by atoms with Crippen molar-refractivity contribution in [3.63, 3.8) is 0 Å². The highest BCUT2D eigenvalue weighted by Gasteiger charge is 2.23. The topological polar surface area (TPSA) is 71.0 Å².